The van der Waals surface area contributed by atoms with E-state index in [4.69, 9.17) is 0 Å². The first-order valence-electron chi connectivity index (χ1n) is 3.74. The number of hydrogen-bond donors (Lipinski definition) is 1. The third-order valence-corrected chi connectivity index (χ3v) is 2.56. The normalized spacial score (nSPS) is 10.0. The fourth-order valence-corrected chi connectivity index (χ4v) is 1.60. The molecule has 0 bridgehead atoms. The number of nitrogens with one attached hydrogen (secondary N) is 1. The third-order valence-electron chi connectivity index (χ3n) is 1.58. The van der Waals surface area contributed by atoms with Crippen LogP contribution in [-0.2, 0) is 0 Å². The Morgan fingerprint density at radius 2 is 2.45 bits per heavy atom. The first-order chi connectivity index (χ1) is 5.34. The van der Waals surface area contributed by atoms with E-state index in [-0.39, 0.29) is 0 Å². The Morgan fingerprint density at radius 1 is 1.64 bits per heavy atom. The van der Waals surface area contributed by atoms with Crippen LogP contribution in [0.5, 0.6) is 0 Å². The molecule has 0 fully saturated rings. The molecule has 0 aliphatic carbocycles. The number of rotatable bonds is 4. The molecule has 3 heteroatoms. The Labute approximate surface area is 71.8 Å². The standard InChI is InChI=1S/C8H14N2S/c1-9-5-6-10(2)8-4-3-7-11-8/h3-4,7,9H,5-6H2,1-2H3. The van der Waals surface area contributed by atoms with Gasteiger partial charge in [0.2, 0.25) is 0 Å². The molecule has 0 saturated carbocycles. The molecule has 0 spiro atoms. The van der Waals surface area contributed by atoms with Crippen LogP contribution in [0.1, 0.15) is 0 Å². The van der Waals surface area contributed by atoms with Crippen molar-refractivity contribution in [2.24, 2.45) is 0 Å². The number of likely N-dealkylation sites (N-methyl/N-ethyl adjacent to an activating group) is 2. The van der Waals surface area contributed by atoms with E-state index in [0.29, 0.717) is 0 Å². The maximum absolute atomic E-state index is 3.12. The van der Waals surface area contributed by atoms with Gasteiger partial charge in [-0.3, -0.25) is 0 Å². The molecule has 0 aliphatic heterocycles. The lowest BCUT2D eigenvalue weighted by molar-refractivity contribution is 0.771. The summed E-state index contributed by atoms with van der Waals surface area (Å²) >= 11 is 1.78. The number of nitrogens with zero attached hydrogens (tertiary/aromatic N) is 1. The van der Waals surface area contributed by atoms with E-state index in [1.807, 2.05) is 7.05 Å². The molecule has 0 aliphatic rings. The fourth-order valence-electron chi connectivity index (χ4n) is 0.877. The summed E-state index contributed by atoms with van der Waals surface area (Å²) in [6, 6.07) is 4.22. The average molecular weight is 170 g/mol. The van der Waals surface area contributed by atoms with E-state index in [2.05, 4.69) is 34.8 Å². The monoisotopic (exact) mass is 170 g/mol. The summed E-state index contributed by atoms with van der Waals surface area (Å²) in [7, 11) is 4.09. The Bertz CT molecular complexity index is 184. The lowest BCUT2D eigenvalue weighted by Crippen LogP contribution is -2.26. The molecule has 0 aromatic carbocycles. The topological polar surface area (TPSA) is 15.3 Å². The quantitative estimate of drug-likeness (QED) is 0.735. The van der Waals surface area contributed by atoms with Crippen LogP contribution in [-0.4, -0.2) is 27.2 Å². The second kappa shape index (κ2) is 4.36. The van der Waals surface area contributed by atoms with E-state index in [9.17, 15) is 0 Å². The molecule has 0 radical (unpaired) electrons. The summed E-state index contributed by atoms with van der Waals surface area (Å²) in [6.07, 6.45) is 0. The van der Waals surface area contributed by atoms with Crippen LogP contribution in [0, 0.1) is 0 Å². The molecular formula is C8H14N2S. The van der Waals surface area contributed by atoms with E-state index < -0.39 is 0 Å². The van der Waals surface area contributed by atoms with Gasteiger partial charge in [-0.15, -0.1) is 11.3 Å². The Balaban J connectivity index is 2.36. The van der Waals surface area contributed by atoms with Crippen LogP contribution in [0.3, 0.4) is 0 Å². The summed E-state index contributed by atoms with van der Waals surface area (Å²) < 4.78 is 0. The highest BCUT2D eigenvalue weighted by atomic mass is 32.1. The number of thiophene rings is 1. The van der Waals surface area contributed by atoms with Gasteiger partial charge in [-0.2, -0.15) is 0 Å². The molecule has 0 saturated heterocycles. The minimum atomic E-state index is 1.04. The van der Waals surface area contributed by atoms with Gasteiger partial charge in [0.25, 0.3) is 0 Å². The molecule has 2 nitrogen and oxygen atoms in total. The summed E-state index contributed by atoms with van der Waals surface area (Å²) in [5, 5.41) is 6.56. The van der Waals surface area contributed by atoms with Crippen LogP contribution in [0.2, 0.25) is 0 Å². The minimum Gasteiger partial charge on any atom is -0.365 e. The first-order valence-corrected chi connectivity index (χ1v) is 4.62. The van der Waals surface area contributed by atoms with Crippen LogP contribution < -0.4 is 10.2 Å². The van der Waals surface area contributed by atoms with Crippen LogP contribution in [0.4, 0.5) is 5.00 Å². The largest absolute Gasteiger partial charge is 0.365 e. The predicted molar refractivity (Wildman–Crippen MR) is 51.5 cm³/mol. The fraction of sp³-hybridized carbons (Fsp3) is 0.500. The average Bonchev–Trinajstić information content (AvgIpc) is 2.52. The second-order valence-corrected chi connectivity index (χ2v) is 3.40. The zero-order valence-electron chi connectivity index (χ0n) is 7.00. The number of anilines is 1. The maximum atomic E-state index is 3.12. The van der Waals surface area contributed by atoms with E-state index >= 15 is 0 Å². The Kier molecular flexibility index (Phi) is 3.39. The maximum Gasteiger partial charge on any atom is 0.0906 e. The second-order valence-electron chi connectivity index (χ2n) is 2.48. The summed E-state index contributed by atoms with van der Waals surface area (Å²) in [5.74, 6) is 0. The van der Waals surface area contributed by atoms with Gasteiger partial charge in [-0.25, -0.2) is 0 Å². The summed E-state index contributed by atoms with van der Waals surface area (Å²) in [4.78, 5) is 2.25. The van der Waals surface area contributed by atoms with Crippen molar-refractivity contribution < 1.29 is 0 Å². The molecule has 1 N–H and O–H groups in total. The highest BCUT2D eigenvalue weighted by Crippen LogP contribution is 2.18. The van der Waals surface area contributed by atoms with Gasteiger partial charge >= 0.3 is 0 Å². The van der Waals surface area contributed by atoms with Gasteiger partial charge in [0.05, 0.1) is 5.00 Å². The van der Waals surface area contributed by atoms with Crippen molar-refractivity contribution in [2.45, 2.75) is 0 Å². The van der Waals surface area contributed by atoms with Gasteiger partial charge in [0, 0.05) is 20.1 Å². The van der Waals surface area contributed by atoms with Crippen molar-refractivity contribution in [3.05, 3.63) is 17.5 Å². The van der Waals surface area contributed by atoms with Gasteiger partial charge in [-0.05, 0) is 24.6 Å². The molecule has 0 unspecified atom stereocenters. The van der Waals surface area contributed by atoms with Crippen molar-refractivity contribution >= 4 is 16.3 Å². The van der Waals surface area contributed by atoms with Crippen molar-refractivity contribution in [2.75, 3.05) is 32.1 Å². The van der Waals surface area contributed by atoms with E-state index in [0.717, 1.165) is 13.1 Å². The Morgan fingerprint density at radius 3 is 3.00 bits per heavy atom. The SMILES string of the molecule is CNCCN(C)c1cccs1. The van der Waals surface area contributed by atoms with Crippen molar-refractivity contribution in [3.8, 4) is 0 Å². The van der Waals surface area contributed by atoms with Gasteiger partial charge < -0.3 is 10.2 Å². The lowest BCUT2D eigenvalue weighted by Gasteiger charge is -2.15. The van der Waals surface area contributed by atoms with Crippen LogP contribution in [0.25, 0.3) is 0 Å². The Hall–Kier alpha value is -0.540. The molecular weight excluding hydrogens is 156 g/mol. The first kappa shape index (κ1) is 8.56. The van der Waals surface area contributed by atoms with Crippen LogP contribution in [0.15, 0.2) is 17.5 Å². The van der Waals surface area contributed by atoms with E-state index in [1.165, 1.54) is 5.00 Å². The molecule has 1 aromatic heterocycles. The summed E-state index contributed by atoms with van der Waals surface area (Å²) in [6.45, 7) is 2.10. The zero-order chi connectivity index (χ0) is 8.10. The summed E-state index contributed by atoms with van der Waals surface area (Å²) in [5.41, 5.74) is 0. The zero-order valence-corrected chi connectivity index (χ0v) is 7.82. The van der Waals surface area contributed by atoms with Gasteiger partial charge in [0.1, 0.15) is 0 Å². The third kappa shape index (κ3) is 2.52. The molecule has 0 atom stereocenters. The van der Waals surface area contributed by atoms with Crippen molar-refractivity contribution in [1.82, 2.24) is 5.32 Å². The number of hydrogen-bond acceptors (Lipinski definition) is 3. The molecule has 1 rings (SSSR count). The van der Waals surface area contributed by atoms with Gasteiger partial charge in [0.15, 0.2) is 0 Å². The molecule has 11 heavy (non-hydrogen) atoms. The van der Waals surface area contributed by atoms with Crippen LogP contribution >= 0.6 is 11.3 Å². The van der Waals surface area contributed by atoms with Gasteiger partial charge in [-0.1, -0.05) is 0 Å². The smallest absolute Gasteiger partial charge is 0.0906 e. The molecule has 1 heterocycles. The highest BCUT2D eigenvalue weighted by Gasteiger charge is 1.98. The minimum absolute atomic E-state index is 1.04. The highest BCUT2D eigenvalue weighted by molar-refractivity contribution is 7.14. The predicted octanol–water partition coefficient (Wildman–Crippen LogP) is 1.40. The molecule has 1 aromatic rings. The molecule has 0 amide bonds. The molecule has 62 valence electrons. The van der Waals surface area contributed by atoms with E-state index in [1.54, 1.807) is 11.3 Å². The van der Waals surface area contributed by atoms with Crippen molar-refractivity contribution in [1.29, 1.82) is 0 Å². The lowest BCUT2D eigenvalue weighted by atomic mass is 10.5. The van der Waals surface area contributed by atoms with Crippen molar-refractivity contribution in [3.63, 3.8) is 0 Å².